The van der Waals surface area contributed by atoms with Crippen LogP contribution in [0, 0.1) is 11.8 Å². The van der Waals surface area contributed by atoms with Crippen LogP contribution in [0.1, 0.15) is 90.4 Å². The zero-order valence-electron chi connectivity index (χ0n) is 14.8. The summed E-state index contributed by atoms with van der Waals surface area (Å²) in [5.41, 5.74) is 0. The molecule has 0 unspecified atom stereocenters. The summed E-state index contributed by atoms with van der Waals surface area (Å²) in [5.74, 6) is 0.567. The van der Waals surface area contributed by atoms with Crippen LogP contribution in [0.3, 0.4) is 0 Å². The molecule has 3 heteroatoms. The van der Waals surface area contributed by atoms with E-state index < -0.39 is 5.97 Å². The predicted octanol–water partition coefficient (Wildman–Crippen LogP) is 5.53. The van der Waals surface area contributed by atoms with Gasteiger partial charge < -0.3 is 5.11 Å². The Balaban J connectivity index is 2.17. The number of carbonyl (C=O) groups is 2. The zero-order chi connectivity index (χ0) is 16.9. The van der Waals surface area contributed by atoms with Crippen LogP contribution in [0.4, 0.5) is 0 Å². The van der Waals surface area contributed by atoms with E-state index in [0.29, 0.717) is 11.7 Å². The average Bonchev–Trinajstić information content (AvgIpc) is 2.86. The molecule has 1 aliphatic rings. The molecule has 0 amide bonds. The molecule has 132 valence electrons. The third kappa shape index (κ3) is 8.92. The van der Waals surface area contributed by atoms with Gasteiger partial charge in [0.2, 0.25) is 0 Å². The Hall–Kier alpha value is -1.12. The Morgan fingerprint density at radius 3 is 2.57 bits per heavy atom. The van der Waals surface area contributed by atoms with Crippen molar-refractivity contribution in [3.63, 3.8) is 0 Å². The van der Waals surface area contributed by atoms with E-state index >= 15 is 0 Å². The minimum absolute atomic E-state index is 0.100. The summed E-state index contributed by atoms with van der Waals surface area (Å²) in [6, 6.07) is 0. The second-order valence-electron chi connectivity index (χ2n) is 6.93. The summed E-state index contributed by atoms with van der Waals surface area (Å²) in [6.45, 7) is 2.24. The summed E-state index contributed by atoms with van der Waals surface area (Å²) >= 11 is 0. The molecule has 0 spiro atoms. The highest BCUT2D eigenvalue weighted by molar-refractivity contribution is 5.83. The number of unbranched alkanes of at least 4 members (excludes halogenated alkanes) is 6. The molecule has 0 heterocycles. The largest absolute Gasteiger partial charge is 0.481 e. The van der Waals surface area contributed by atoms with Crippen LogP contribution in [0.25, 0.3) is 0 Å². The molecule has 1 fully saturated rings. The maximum Gasteiger partial charge on any atom is 0.307 e. The van der Waals surface area contributed by atoms with Crippen LogP contribution < -0.4 is 0 Å². The molecule has 3 nitrogen and oxygen atoms in total. The van der Waals surface area contributed by atoms with Crippen LogP contribution in [0.5, 0.6) is 0 Å². The second kappa shape index (κ2) is 12.3. The normalized spacial score (nSPS) is 21.3. The van der Waals surface area contributed by atoms with Crippen molar-refractivity contribution in [3.05, 3.63) is 12.2 Å². The zero-order valence-corrected chi connectivity index (χ0v) is 14.8. The van der Waals surface area contributed by atoms with Gasteiger partial charge in [0.05, 0.1) is 6.42 Å². The number of hydrogen-bond donors (Lipinski definition) is 1. The van der Waals surface area contributed by atoms with Crippen molar-refractivity contribution in [1.82, 2.24) is 0 Å². The monoisotopic (exact) mass is 322 g/mol. The fourth-order valence-electron chi connectivity index (χ4n) is 3.66. The van der Waals surface area contributed by atoms with Crippen molar-refractivity contribution in [2.75, 3.05) is 0 Å². The fourth-order valence-corrected chi connectivity index (χ4v) is 3.66. The number of ketones is 1. The number of Topliss-reactive ketones (excluding diaryl/α,β-unsaturated/α-hetero) is 1. The summed E-state index contributed by atoms with van der Waals surface area (Å²) in [4.78, 5) is 22.5. The van der Waals surface area contributed by atoms with E-state index in [4.69, 9.17) is 5.11 Å². The number of allylic oxidation sites excluding steroid dienone is 1. The van der Waals surface area contributed by atoms with Crippen LogP contribution >= 0.6 is 0 Å². The van der Waals surface area contributed by atoms with Crippen molar-refractivity contribution >= 4 is 11.8 Å². The van der Waals surface area contributed by atoms with Crippen molar-refractivity contribution in [2.45, 2.75) is 90.4 Å². The minimum atomic E-state index is -0.786. The highest BCUT2D eigenvalue weighted by Crippen LogP contribution is 2.36. The van der Waals surface area contributed by atoms with Crippen molar-refractivity contribution in [2.24, 2.45) is 11.8 Å². The molecule has 0 aromatic carbocycles. The molecule has 1 N–H and O–H groups in total. The lowest BCUT2D eigenvalue weighted by Crippen LogP contribution is -2.14. The van der Waals surface area contributed by atoms with Gasteiger partial charge in [0, 0.05) is 12.3 Å². The van der Waals surface area contributed by atoms with E-state index in [0.717, 1.165) is 32.1 Å². The first-order chi connectivity index (χ1) is 11.1. The van der Waals surface area contributed by atoms with Gasteiger partial charge >= 0.3 is 5.97 Å². The second-order valence-corrected chi connectivity index (χ2v) is 6.93. The standard InChI is InChI=1S/C20H34O3/c1-2-3-4-5-6-9-12-17-15-16-19(21)18(17)13-10-7-8-11-14-20(22)23/h8,11,17-18H,2-7,9-10,12-16H2,1H3,(H,22,23)/t17-,18+/m0/s1. The molecule has 1 aliphatic carbocycles. The first-order valence-corrected chi connectivity index (χ1v) is 9.54. The van der Waals surface area contributed by atoms with Gasteiger partial charge in [0.1, 0.15) is 5.78 Å². The molecular formula is C20H34O3. The van der Waals surface area contributed by atoms with Crippen LogP contribution in [0.15, 0.2) is 12.2 Å². The first-order valence-electron chi connectivity index (χ1n) is 9.54. The maximum absolute atomic E-state index is 12.1. The first kappa shape index (κ1) is 19.9. The quantitative estimate of drug-likeness (QED) is 0.358. The molecule has 1 saturated carbocycles. The fraction of sp³-hybridized carbons (Fsp3) is 0.800. The SMILES string of the molecule is CCCCCCCC[C@H]1CCC(=O)[C@@H]1CCCC=CCC(=O)O. The van der Waals surface area contributed by atoms with Crippen molar-refractivity contribution < 1.29 is 14.7 Å². The van der Waals surface area contributed by atoms with E-state index in [9.17, 15) is 9.59 Å². The third-order valence-corrected chi connectivity index (χ3v) is 5.02. The topological polar surface area (TPSA) is 54.4 Å². The average molecular weight is 322 g/mol. The molecule has 0 bridgehead atoms. The Bertz CT molecular complexity index is 373. The van der Waals surface area contributed by atoms with Crippen LogP contribution in [-0.4, -0.2) is 16.9 Å². The Labute approximate surface area is 141 Å². The van der Waals surface area contributed by atoms with E-state index in [-0.39, 0.29) is 12.3 Å². The Morgan fingerprint density at radius 1 is 1.09 bits per heavy atom. The maximum atomic E-state index is 12.1. The summed E-state index contributed by atoms with van der Waals surface area (Å²) in [5, 5.41) is 8.57. The lowest BCUT2D eigenvalue weighted by atomic mass is 9.86. The smallest absolute Gasteiger partial charge is 0.307 e. The van der Waals surface area contributed by atoms with E-state index in [1.54, 1.807) is 6.08 Å². The lowest BCUT2D eigenvalue weighted by molar-refractivity contribution is -0.136. The molecule has 0 aliphatic heterocycles. The molecule has 23 heavy (non-hydrogen) atoms. The molecule has 0 aromatic rings. The number of carboxylic acid groups (broad SMARTS) is 1. The molecule has 0 aromatic heterocycles. The summed E-state index contributed by atoms with van der Waals surface area (Å²) < 4.78 is 0. The summed E-state index contributed by atoms with van der Waals surface area (Å²) in [6.07, 6.45) is 17.6. The van der Waals surface area contributed by atoms with Gasteiger partial charge in [-0.15, -0.1) is 0 Å². The molecule has 0 radical (unpaired) electrons. The van der Waals surface area contributed by atoms with Crippen LogP contribution in [-0.2, 0) is 9.59 Å². The van der Waals surface area contributed by atoms with E-state index in [1.165, 1.54) is 44.9 Å². The van der Waals surface area contributed by atoms with E-state index in [1.807, 2.05) is 6.08 Å². The van der Waals surface area contributed by atoms with Crippen molar-refractivity contribution in [3.8, 4) is 0 Å². The highest BCUT2D eigenvalue weighted by atomic mass is 16.4. The predicted molar refractivity (Wildman–Crippen MR) is 94.5 cm³/mol. The number of carbonyl (C=O) groups excluding carboxylic acids is 1. The highest BCUT2D eigenvalue weighted by Gasteiger charge is 2.33. The van der Waals surface area contributed by atoms with Gasteiger partial charge in [-0.1, -0.05) is 57.6 Å². The Morgan fingerprint density at radius 2 is 1.83 bits per heavy atom. The van der Waals surface area contributed by atoms with Gasteiger partial charge in [0.15, 0.2) is 0 Å². The number of aliphatic carboxylic acids is 1. The van der Waals surface area contributed by atoms with Gasteiger partial charge in [0.25, 0.3) is 0 Å². The number of hydrogen-bond acceptors (Lipinski definition) is 2. The number of carboxylic acids is 1. The molecule has 2 atom stereocenters. The van der Waals surface area contributed by atoms with Gasteiger partial charge in [-0.3, -0.25) is 9.59 Å². The Kier molecular flexibility index (Phi) is 10.7. The third-order valence-electron chi connectivity index (χ3n) is 5.02. The molecular weight excluding hydrogens is 288 g/mol. The van der Waals surface area contributed by atoms with Gasteiger partial charge in [-0.2, -0.15) is 0 Å². The van der Waals surface area contributed by atoms with E-state index in [2.05, 4.69) is 6.92 Å². The summed E-state index contributed by atoms with van der Waals surface area (Å²) in [7, 11) is 0. The lowest BCUT2D eigenvalue weighted by Gasteiger charge is -2.18. The van der Waals surface area contributed by atoms with Gasteiger partial charge in [-0.25, -0.2) is 0 Å². The van der Waals surface area contributed by atoms with Crippen molar-refractivity contribution in [1.29, 1.82) is 0 Å². The molecule has 1 rings (SSSR count). The number of rotatable bonds is 13. The minimum Gasteiger partial charge on any atom is -0.481 e. The molecule has 0 saturated heterocycles. The van der Waals surface area contributed by atoms with Crippen LogP contribution in [0.2, 0.25) is 0 Å². The van der Waals surface area contributed by atoms with Gasteiger partial charge in [-0.05, 0) is 38.0 Å².